The molecule has 1 heterocycles. The van der Waals surface area contributed by atoms with Gasteiger partial charge in [-0.2, -0.15) is 4.98 Å². The summed E-state index contributed by atoms with van der Waals surface area (Å²) >= 11 is 0. The van der Waals surface area contributed by atoms with E-state index in [0.29, 0.717) is 24.9 Å². The van der Waals surface area contributed by atoms with Crippen molar-refractivity contribution >= 4 is 0 Å². The minimum Gasteiger partial charge on any atom is -0.377 e. The zero-order chi connectivity index (χ0) is 10.1. The molecule has 0 spiro atoms. The van der Waals surface area contributed by atoms with E-state index in [0.717, 1.165) is 0 Å². The van der Waals surface area contributed by atoms with Crippen molar-refractivity contribution < 1.29 is 9.26 Å². The first-order valence-corrected chi connectivity index (χ1v) is 4.32. The molecule has 5 nitrogen and oxygen atoms in total. The molecule has 1 aromatic heterocycles. The fourth-order valence-electron chi connectivity index (χ4n) is 0.701. The summed E-state index contributed by atoms with van der Waals surface area (Å²) in [4.78, 5) is 4.02. The lowest BCUT2D eigenvalue weighted by Gasteiger charge is -1.87. The van der Waals surface area contributed by atoms with Gasteiger partial charge in [0.1, 0.15) is 6.61 Å². The summed E-state index contributed by atoms with van der Waals surface area (Å²) in [7, 11) is 3.41. The zero-order valence-electron chi connectivity index (χ0n) is 8.63. The molecule has 0 atom stereocenters. The van der Waals surface area contributed by atoms with E-state index >= 15 is 0 Å². The van der Waals surface area contributed by atoms with Crippen LogP contribution in [0.4, 0.5) is 0 Å². The van der Waals surface area contributed by atoms with Crippen LogP contribution >= 0.6 is 0 Å². The summed E-state index contributed by atoms with van der Waals surface area (Å²) in [5, 5.41) is 6.58. The highest BCUT2D eigenvalue weighted by molar-refractivity contribution is 4.83. The molecule has 0 fully saturated rings. The third-order valence-corrected chi connectivity index (χ3v) is 1.11. The summed E-state index contributed by atoms with van der Waals surface area (Å²) in [5.41, 5.74) is 0. The van der Waals surface area contributed by atoms with Crippen molar-refractivity contribution in [1.82, 2.24) is 15.5 Å². The number of ether oxygens (including phenoxy) is 1. The predicted octanol–water partition coefficient (Wildman–Crippen LogP) is 0.962. The number of nitrogens with one attached hydrogen (secondary N) is 1. The monoisotopic (exact) mass is 187 g/mol. The lowest BCUT2D eigenvalue weighted by Crippen LogP contribution is -2.05. The van der Waals surface area contributed by atoms with E-state index in [-0.39, 0.29) is 0 Å². The van der Waals surface area contributed by atoms with Gasteiger partial charge in [0.05, 0.1) is 6.54 Å². The Bertz CT molecular complexity index is 192. The van der Waals surface area contributed by atoms with Crippen LogP contribution in [0.15, 0.2) is 4.52 Å². The SMILES string of the molecule is CC.CNCc1nc(COC)no1. The van der Waals surface area contributed by atoms with Gasteiger partial charge in [-0.05, 0) is 7.05 Å². The van der Waals surface area contributed by atoms with E-state index < -0.39 is 0 Å². The van der Waals surface area contributed by atoms with Crippen molar-refractivity contribution in [2.75, 3.05) is 14.2 Å². The molecule has 0 radical (unpaired) electrons. The highest BCUT2D eigenvalue weighted by Gasteiger charge is 2.02. The van der Waals surface area contributed by atoms with Crippen molar-refractivity contribution in [3.05, 3.63) is 11.7 Å². The minimum absolute atomic E-state index is 0.396. The number of nitrogens with zero attached hydrogens (tertiary/aromatic N) is 2. The molecule has 1 N–H and O–H groups in total. The van der Waals surface area contributed by atoms with Crippen molar-refractivity contribution in [3.63, 3.8) is 0 Å². The van der Waals surface area contributed by atoms with Gasteiger partial charge in [-0.15, -0.1) is 0 Å². The smallest absolute Gasteiger partial charge is 0.240 e. The summed E-state index contributed by atoms with van der Waals surface area (Å²) in [6.07, 6.45) is 0. The Morgan fingerprint density at radius 3 is 2.69 bits per heavy atom. The van der Waals surface area contributed by atoms with Crippen LogP contribution in [0, 0.1) is 0 Å². The maximum atomic E-state index is 4.85. The summed E-state index contributed by atoms with van der Waals surface area (Å²) in [5.74, 6) is 1.16. The van der Waals surface area contributed by atoms with Crippen LogP contribution in [0.1, 0.15) is 25.6 Å². The predicted molar refractivity (Wildman–Crippen MR) is 49.1 cm³/mol. The second-order valence-corrected chi connectivity index (χ2v) is 2.07. The van der Waals surface area contributed by atoms with Crippen molar-refractivity contribution in [2.45, 2.75) is 27.0 Å². The number of hydrogen-bond donors (Lipinski definition) is 1. The van der Waals surface area contributed by atoms with Crippen LogP contribution in [-0.2, 0) is 17.9 Å². The molecule has 1 rings (SSSR count). The molecule has 0 saturated heterocycles. The Hall–Kier alpha value is -0.940. The van der Waals surface area contributed by atoms with Gasteiger partial charge in [0, 0.05) is 7.11 Å². The van der Waals surface area contributed by atoms with Gasteiger partial charge in [-0.1, -0.05) is 19.0 Å². The van der Waals surface area contributed by atoms with Crippen molar-refractivity contribution in [2.24, 2.45) is 0 Å². The summed E-state index contributed by atoms with van der Waals surface area (Å²) in [6.45, 7) is 4.99. The third-order valence-electron chi connectivity index (χ3n) is 1.11. The van der Waals surface area contributed by atoms with E-state index in [2.05, 4.69) is 15.5 Å². The Balaban J connectivity index is 0.000000671. The van der Waals surface area contributed by atoms with Gasteiger partial charge in [-0.25, -0.2) is 0 Å². The van der Waals surface area contributed by atoms with Crippen LogP contribution < -0.4 is 5.32 Å². The minimum atomic E-state index is 0.396. The van der Waals surface area contributed by atoms with E-state index in [1.54, 1.807) is 7.11 Å². The van der Waals surface area contributed by atoms with Crippen molar-refractivity contribution in [1.29, 1.82) is 0 Å². The van der Waals surface area contributed by atoms with Gasteiger partial charge in [-0.3, -0.25) is 0 Å². The molecule has 76 valence electrons. The largest absolute Gasteiger partial charge is 0.377 e. The van der Waals surface area contributed by atoms with E-state index in [4.69, 9.17) is 9.26 Å². The van der Waals surface area contributed by atoms with Gasteiger partial charge in [0.15, 0.2) is 5.82 Å². The van der Waals surface area contributed by atoms with Gasteiger partial charge in [0.25, 0.3) is 0 Å². The molecular weight excluding hydrogens is 170 g/mol. The first-order chi connectivity index (χ1) is 6.36. The van der Waals surface area contributed by atoms with Gasteiger partial charge >= 0.3 is 0 Å². The lowest BCUT2D eigenvalue weighted by atomic mass is 10.6. The van der Waals surface area contributed by atoms with E-state index in [1.807, 2.05) is 20.9 Å². The van der Waals surface area contributed by atoms with Crippen LogP contribution in [0.25, 0.3) is 0 Å². The van der Waals surface area contributed by atoms with Crippen LogP contribution in [-0.4, -0.2) is 24.3 Å². The molecule has 1 aromatic rings. The van der Waals surface area contributed by atoms with E-state index in [1.165, 1.54) is 0 Å². The second-order valence-electron chi connectivity index (χ2n) is 2.07. The first kappa shape index (κ1) is 12.1. The average molecular weight is 187 g/mol. The number of methoxy groups -OCH3 is 1. The topological polar surface area (TPSA) is 60.2 Å². The molecule has 0 amide bonds. The third kappa shape index (κ3) is 4.59. The molecule has 0 aliphatic carbocycles. The molecule has 0 aliphatic heterocycles. The Morgan fingerprint density at radius 1 is 1.46 bits per heavy atom. The molecular formula is C8H17N3O2. The lowest BCUT2D eigenvalue weighted by molar-refractivity contribution is 0.174. The number of aromatic nitrogens is 2. The van der Waals surface area contributed by atoms with Crippen LogP contribution in [0.3, 0.4) is 0 Å². The van der Waals surface area contributed by atoms with Crippen LogP contribution in [0.2, 0.25) is 0 Å². The van der Waals surface area contributed by atoms with Crippen LogP contribution in [0.5, 0.6) is 0 Å². The summed E-state index contributed by atoms with van der Waals surface area (Å²) < 4.78 is 9.67. The second kappa shape index (κ2) is 7.70. The zero-order valence-corrected chi connectivity index (χ0v) is 8.63. The normalized spacial score (nSPS) is 9.23. The Labute approximate surface area is 78.5 Å². The number of rotatable bonds is 4. The first-order valence-electron chi connectivity index (χ1n) is 4.32. The van der Waals surface area contributed by atoms with Gasteiger partial charge < -0.3 is 14.6 Å². The maximum Gasteiger partial charge on any atom is 0.240 e. The van der Waals surface area contributed by atoms with Crippen molar-refractivity contribution in [3.8, 4) is 0 Å². The highest BCUT2D eigenvalue weighted by atomic mass is 16.5. The number of hydrogen-bond acceptors (Lipinski definition) is 5. The van der Waals surface area contributed by atoms with E-state index in [9.17, 15) is 0 Å². The standard InChI is InChI=1S/C6H11N3O2.C2H6/c1-7-3-6-8-5(4-10-2)9-11-6;1-2/h7H,3-4H2,1-2H3;1-2H3. The molecule has 13 heavy (non-hydrogen) atoms. The molecule has 0 bridgehead atoms. The highest BCUT2D eigenvalue weighted by Crippen LogP contribution is 1.96. The Kier molecular flexibility index (Phi) is 7.14. The average Bonchev–Trinajstić information content (AvgIpc) is 2.58. The molecule has 0 saturated carbocycles. The molecule has 0 unspecified atom stereocenters. The quantitative estimate of drug-likeness (QED) is 0.760. The molecule has 0 aromatic carbocycles. The maximum absolute atomic E-state index is 4.85. The fourth-order valence-corrected chi connectivity index (χ4v) is 0.701. The molecule has 5 heteroatoms. The fraction of sp³-hybridized carbons (Fsp3) is 0.750. The van der Waals surface area contributed by atoms with Gasteiger partial charge in [0.2, 0.25) is 5.89 Å². The summed E-state index contributed by atoms with van der Waals surface area (Å²) in [6, 6.07) is 0. The Morgan fingerprint density at radius 2 is 2.15 bits per heavy atom. The molecule has 0 aliphatic rings.